The number of aromatic nitrogens is 3. The highest BCUT2D eigenvalue weighted by molar-refractivity contribution is 5.21. The predicted molar refractivity (Wildman–Crippen MR) is 68.9 cm³/mol. The summed E-state index contributed by atoms with van der Waals surface area (Å²) in [6.45, 7) is 0.672. The Morgan fingerprint density at radius 1 is 1.40 bits per heavy atom. The molecule has 0 radical (unpaired) electrons. The molecule has 1 atom stereocenters. The molecule has 1 heterocycles. The second-order valence-electron chi connectivity index (χ2n) is 4.47. The zero-order chi connectivity index (χ0) is 14.5. The molecule has 0 bridgehead atoms. The van der Waals surface area contributed by atoms with Crippen molar-refractivity contribution in [2.45, 2.75) is 12.5 Å². The van der Waals surface area contributed by atoms with Crippen molar-refractivity contribution in [2.75, 3.05) is 13.1 Å². The summed E-state index contributed by atoms with van der Waals surface area (Å²) in [5.41, 5.74) is -0.0477. The van der Waals surface area contributed by atoms with Gasteiger partial charge in [-0.25, -0.2) is 13.8 Å². The molecule has 20 heavy (non-hydrogen) atoms. The molecule has 2 aromatic rings. The molecule has 7 heteroatoms. The fourth-order valence-electron chi connectivity index (χ4n) is 1.82. The van der Waals surface area contributed by atoms with Crippen LogP contribution in [0.2, 0.25) is 0 Å². The van der Waals surface area contributed by atoms with E-state index in [-0.39, 0.29) is 12.1 Å². The fraction of sp³-hybridized carbons (Fsp3) is 0.385. The number of halogens is 2. The van der Waals surface area contributed by atoms with Crippen molar-refractivity contribution >= 4 is 0 Å². The Morgan fingerprint density at radius 2 is 2.20 bits per heavy atom. The maximum atomic E-state index is 13.4. The summed E-state index contributed by atoms with van der Waals surface area (Å²) in [5, 5.41) is 16.9. The van der Waals surface area contributed by atoms with Gasteiger partial charge in [-0.1, -0.05) is 0 Å². The Labute approximate surface area is 115 Å². The van der Waals surface area contributed by atoms with Gasteiger partial charge in [0.15, 0.2) is 5.82 Å². The number of nitrogens with one attached hydrogen (secondary N) is 1. The maximum absolute atomic E-state index is 13.4. The van der Waals surface area contributed by atoms with E-state index in [1.807, 2.05) is 0 Å². The molecule has 0 aliphatic heterocycles. The topological polar surface area (TPSA) is 63.0 Å². The van der Waals surface area contributed by atoms with E-state index >= 15 is 0 Å². The van der Waals surface area contributed by atoms with Gasteiger partial charge in [0.1, 0.15) is 18.0 Å². The number of aryl methyl sites for hydroxylation is 1. The van der Waals surface area contributed by atoms with Crippen LogP contribution >= 0.6 is 0 Å². The van der Waals surface area contributed by atoms with Crippen LogP contribution < -0.4 is 5.32 Å². The quantitative estimate of drug-likeness (QED) is 0.775. The Morgan fingerprint density at radius 3 is 2.90 bits per heavy atom. The van der Waals surface area contributed by atoms with E-state index in [0.29, 0.717) is 18.8 Å². The molecule has 1 aromatic carbocycles. The van der Waals surface area contributed by atoms with E-state index < -0.39 is 17.7 Å². The normalized spacial score (nSPS) is 12.6. The van der Waals surface area contributed by atoms with Gasteiger partial charge in [-0.15, -0.1) is 0 Å². The van der Waals surface area contributed by atoms with Gasteiger partial charge in [-0.3, -0.25) is 4.68 Å². The Balaban J connectivity index is 1.80. The number of aliphatic hydroxyl groups is 1. The van der Waals surface area contributed by atoms with Crippen molar-refractivity contribution < 1.29 is 13.9 Å². The van der Waals surface area contributed by atoms with Crippen LogP contribution in [0.15, 0.2) is 24.5 Å². The average Bonchev–Trinajstić information content (AvgIpc) is 2.83. The third-order valence-corrected chi connectivity index (χ3v) is 2.83. The summed E-state index contributed by atoms with van der Waals surface area (Å²) in [4.78, 5) is 4.06. The molecule has 0 aliphatic carbocycles. The molecule has 5 nitrogen and oxygen atoms in total. The lowest BCUT2D eigenvalue weighted by atomic mass is 10.1. The zero-order valence-corrected chi connectivity index (χ0v) is 11.1. The smallest absolute Gasteiger partial charge is 0.151 e. The van der Waals surface area contributed by atoms with Crippen LogP contribution in [-0.2, 0) is 13.5 Å². The molecule has 2 rings (SSSR count). The number of benzene rings is 1. The van der Waals surface area contributed by atoms with Crippen LogP contribution in [0.4, 0.5) is 8.78 Å². The Kier molecular flexibility index (Phi) is 4.75. The fourth-order valence-corrected chi connectivity index (χ4v) is 1.82. The van der Waals surface area contributed by atoms with Crippen molar-refractivity contribution in [3.8, 4) is 0 Å². The van der Waals surface area contributed by atoms with Crippen LogP contribution in [0.25, 0.3) is 0 Å². The van der Waals surface area contributed by atoms with Crippen LogP contribution in [0.1, 0.15) is 17.5 Å². The van der Waals surface area contributed by atoms with E-state index in [9.17, 15) is 13.9 Å². The first kappa shape index (κ1) is 14.5. The molecule has 0 fully saturated rings. The highest BCUT2D eigenvalue weighted by Crippen LogP contribution is 2.17. The summed E-state index contributed by atoms with van der Waals surface area (Å²) >= 11 is 0. The van der Waals surface area contributed by atoms with Gasteiger partial charge in [0.25, 0.3) is 0 Å². The third-order valence-electron chi connectivity index (χ3n) is 2.83. The molecular weight excluding hydrogens is 266 g/mol. The monoisotopic (exact) mass is 282 g/mol. The summed E-state index contributed by atoms with van der Waals surface area (Å²) in [7, 11) is 1.78. The standard InChI is InChI=1S/C13H16F2N4O/c1-19-8-17-13(18-19)4-5-16-7-12(20)10-6-9(14)2-3-11(10)15/h2-3,6,8,12,16,20H,4-5,7H2,1H3. The molecule has 1 aromatic heterocycles. The number of aliphatic hydroxyl groups excluding tert-OH is 1. The van der Waals surface area contributed by atoms with Crippen molar-refractivity contribution in [2.24, 2.45) is 7.05 Å². The molecule has 0 aliphatic rings. The maximum Gasteiger partial charge on any atom is 0.151 e. The van der Waals surface area contributed by atoms with Crippen molar-refractivity contribution in [1.29, 1.82) is 0 Å². The molecule has 0 saturated heterocycles. The van der Waals surface area contributed by atoms with Gasteiger partial charge in [-0.05, 0) is 18.2 Å². The molecule has 2 N–H and O–H groups in total. The van der Waals surface area contributed by atoms with E-state index in [4.69, 9.17) is 0 Å². The highest BCUT2D eigenvalue weighted by atomic mass is 19.1. The second kappa shape index (κ2) is 6.53. The van der Waals surface area contributed by atoms with Gasteiger partial charge in [-0.2, -0.15) is 5.10 Å². The van der Waals surface area contributed by atoms with Crippen LogP contribution in [-0.4, -0.2) is 33.0 Å². The minimum Gasteiger partial charge on any atom is -0.387 e. The molecule has 0 amide bonds. The van der Waals surface area contributed by atoms with Crippen LogP contribution in [0.3, 0.4) is 0 Å². The van der Waals surface area contributed by atoms with Gasteiger partial charge in [0.2, 0.25) is 0 Å². The van der Waals surface area contributed by atoms with Crippen LogP contribution in [0, 0.1) is 11.6 Å². The van der Waals surface area contributed by atoms with Crippen molar-refractivity contribution in [1.82, 2.24) is 20.1 Å². The number of rotatable bonds is 6. The van der Waals surface area contributed by atoms with Crippen molar-refractivity contribution in [3.63, 3.8) is 0 Å². The first-order valence-electron chi connectivity index (χ1n) is 6.24. The molecule has 1 unspecified atom stereocenters. The van der Waals surface area contributed by atoms with Gasteiger partial charge >= 0.3 is 0 Å². The molecule has 0 saturated carbocycles. The van der Waals surface area contributed by atoms with E-state index in [1.54, 1.807) is 18.1 Å². The lowest BCUT2D eigenvalue weighted by Gasteiger charge is -2.12. The summed E-state index contributed by atoms with van der Waals surface area (Å²) < 4.78 is 28.0. The van der Waals surface area contributed by atoms with Gasteiger partial charge in [0, 0.05) is 32.1 Å². The molecular formula is C13H16F2N4O. The van der Waals surface area contributed by atoms with Crippen molar-refractivity contribution in [3.05, 3.63) is 47.5 Å². The number of hydrogen-bond donors (Lipinski definition) is 2. The van der Waals surface area contributed by atoms with E-state index in [0.717, 1.165) is 18.2 Å². The highest BCUT2D eigenvalue weighted by Gasteiger charge is 2.13. The van der Waals surface area contributed by atoms with E-state index in [2.05, 4.69) is 15.4 Å². The summed E-state index contributed by atoms with van der Waals surface area (Å²) in [6.07, 6.45) is 1.10. The first-order valence-corrected chi connectivity index (χ1v) is 6.24. The summed E-state index contributed by atoms with van der Waals surface area (Å²) in [6, 6.07) is 3.03. The summed E-state index contributed by atoms with van der Waals surface area (Å²) in [5.74, 6) is -0.503. The predicted octanol–water partition coefficient (Wildman–Crippen LogP) is 0.959. The number of hydrogen-bond acceptors (Lipinski definition) is 4. The molecule has 0 spiro atoms. The SMILES string of the molecule is Cn1cnc(CCNCC(O)c2cc(F)ccc2F)n1. The average molecular weight is 282 g/mol. The molecule has 108 valence electrons. The largest absolute Gasteiger partial charge is 0.387 e. The minimum absolute atomic E-state index is 0.0477. The van der Waals surface area contributed by atoms with Gasteiger partial charge < -0.3 is 10.4 Å². The van der Waals surface area contributed by atoms with Gasteiger partial charge in [0.05, 0.1) is 6.10 Å². The Bertz CT molecular complexity index is 573. The van der Waals surface area contributed by atoms with E-state index in [1.165, 1.54) is 0 Å². The van der Waals surface area contributed by atoms with Crippen LogP contribution in [0.5, 0.6) is 0 Å². The second-order valence-corrected chi connectivity index (χ2v) is 4.47. The zero-order valence-electron chi connectivity index (χ0n) is 11.1. The Hall–Kier alpha value is -1.86. The lowest BCUT2D eigenvalue weighted by Crippen LogP contribution is -2.24. The first-order chi connectivity index (χ1) is 9.56. The third kappa shape index (κ3) is 3.82. The lowest BCUT2D eigenvalue weighted by molar-refractivity contribution is 0.170. The minimum atomic E-state index is -1.10. The number of nitrogens with zero attached hydrogens (tertiary/aromatic N) is 3.